The van der Waals surface area contributed by atoms with Crippen molar-refractivity contribution in [1.29, 1.82) is 0 Å². The molecule has 1 fully saturated rings. The van der Waals surface area contributed by atoms with E-state index in [1.165, 1.54) is 19.3 Å². The largest absolute Gasteiger partial charge is 0.476 e. The maximum absolute atomic E-state index is 13.6. The highest BCUT2D eigenvalue weighted by molar-refractivity contribution is 6.05. The summed E-state index contributed by atoms with van der Waals surface area (Å²) in [5.74, 6) is 0.536. The number of nitrogens with two attached hydrogens (primary N) is 1. The minimum absolute atomic E-state index is 0.0391. The number of ether oxygens (including phenoxy) is 1. The molecule has 0 radical (unpaired) electrons. The molecular formula is C23H35N3O3. The van der Waals surface area contributed by atoms with E-state index in [2.05, 4.69) is 13.8 Å². The fraction of sp³-hybridized carbons (Fsp3) is 0.652. The van der Waals surface area contributed by atoms with Gasteiger partial charge >= 0.3 is 0 Å². The summed E-state index contributed by atoms with van der Waals surface area (Å²) in [4.78, 5) is 30.2. The van der Waals surface area contributed by atoms with E-state index >= 15 is 0 Å². The molecule has 0 saturated heterocycles. The number of aryl methyl sites for hydroxylation is 1. The second-order valence-electron chi connectivity index (χ2n) is 9.09. The fourth-order valence-corrected chi connectivity index (χ4v) is 4.62. The van der Waals surface area contributed by atoms with Gasteiger partial charge in [-0.3, -0.25) is 9.59 Å². The predicted molar refractivity (Wildman–Crippen MR) is 115 cm³/mol. The first-order valence-corrected chi connectivity index (χ1v) is 10.9. The Balaban J connectivity index is 2.02. The van der Waals surface area contributed by atoms with Gasteiger partial charge in [0.25, 0.3) is 11.8 Å². The van der Waals surface area contributed by atoms with Gasteiger partial charge < -0.3 is 20.3 Å². The first kappa shape index (κ1) is 21.6. The highest BCUT2D eigenvalue weighted by Gasteiger charge is 2.41. The summed E-state index contributed by atoms with van der Waals surface area (Å²) in [5, 5.41) is 0. The van der Waals surface area contributed by atoms with Crippen LogP contribution in [-0.4, -0.2) is 47.5 Å². The zero-order valence-electron chi connectivity index (χ0n) is 18.5. The molecule has 1 aliphatic carbocycles. The van der Waals surface area contributed by atoms with Gasteiger partial charge in [0.15, 0.2) is 5.60 Å². The molecule has 160 valence electrons. The van der Waals surface area contributed by atoms with Crippen LogP contribution in [0, 0.1) is 6.92 Å². The van der Waals surface area contributed by atoms with Crippen molar-refractivity contribution in [3.8, 4) is 5.75 Å². The van der Waals surface area contributed by atoms with E-state index in [4.69, 9.17) is 10.5 Å². The average Bonchev–Trinajstić information content (AvgIpc) is 2.65. The topological polar surface area (TPSA) is 75.9 Å². The maximum atomic E-state index is 13.6. The van der Waals surface area contributed by atoms with Crippen molar-refractivity contribution in [2.24, 2.45) is 5.73 Å². The SMILES string of the molecule is Cc1cc2c(cc1C(=O)N(C(C)C)C1CCCCC1)N(CCN)C(=O)C(C)(C)O2. The van der Waals surface area contributed by atoms with Gasteiger partial charge in [-0.15, -0.1) is 0 Å². The number of nitrogens with zero attached hydrogens (tertiary/aromatic N) is 2. The quantitative estimate of drug-likeness (QED) is 0.817. The molecule has 6 heteroatoms. The summed E-state index contributed by atoms with van der Waals surface area (Å²) in [6.07, 6.45) is 5.71. The minimum Gasteiger partial charge on any atom is -0.476 e. The van der Waals surface area contributed by atoms with E-state index in [-0.39, 0.29) is 23.9 Å². The zero-order chi connectivity index (χ0) is 21.3. The molecule has 0 spiro atoms. The minimum atomic E-state index is -0.952. The zero-order valence-corrected chi connectivity index (χ0v) is 18.5. The number of rotatable bonds is 5. The number of amides is 2. The number of benzene rings is 1. The Morgan fingerprint density at radius 3 is 2.52 bits per heavy atom. The smallest absolute Gasteiger partial charge is 0.270 e. The van der Waals surface area contributed by atoms with Gasteiger partial charge in [-0.05, 0) is 65.2 Å². The van der Waals surface area contributed by atoms with Crippen LogP contribution in [0.2, 0.25) is 0 Å². The number of carbonyl (C=O) groups is 2. The van der Waals surface area contributed by atoms with Crippen molar-refractivity contribution in [1.82, 2.24) is 4.90 Å². The molecule has 1 aromatic rings. The molecule has 2 N–H and O–H groups in total. The highest BCUT2D eigenvalue weighted by atomic mass is 16.5. The molecule has 0 aromatic heterocycles. The summed E-state index contributed by atoms with van der Waals surface area (Å²) in [7, 11) is 0. The lowest BCUT2D eigenvalue weighted by molar-refractivity contribution is -0.132. The summed E-state index contributed by atoms with van der Waals surface area (Å²) >= 11 is 0. The third-order valence-electron chi connectivity index (χ3n) is 6.06. The Labute approximate surface area is 174 Å². The summed E-state index contributed by atoms with van der Waals surface area (Å²) in [5.41, 5.74) is 6.97. The molecule has 1 aromatic carbocycles. The molecule has 6 nitrogen and oxygen atoms in total. The average molecular weight is 402 g/mol. The van der Waals surface area contributed by atoms with E-state index in [1.807, 2.05) is 24.0 Å². The van der Waals surface area contributed by atoms with Gasteiger partial charge in [-0.2, -0.15) is 0 Å². The Kier molecular flexibility index (Phi) is 6.22. The van der Waals surface area contributed by atoms with E-state index in [0.717, 1.165) is 18.4 Å². The highest BCUT2D eigenvalue weighted by Crippen LogP contribution is 2.40. The van der Waals surface area contributed by atoms with Crippen LogP contribution in [0.1, 0.15) is 75.7 Å². The van der Waals surface area contributed by atoms with Crippen LogP contribution >= 0.6 is 0 Å². The normalized spacial score (nSPS) is 19.1. The molecule has 2 amide bonds. The van der Waals surface area contributed by atoms with Crippen LogP contribution in [0.15, 0.2) is 12.1 Å². The molecule has 0 bridgehead atoms. The predicted octanol–water partition coefficient (Wildman–Crippen LogP) is 3.64. The van der Waals surface area contributed by atoms with Crippen molar-refractivity contribution in [2.75, 3.05) is 18.0 Å². The van der Waals surface area contributed by atoms with Gasteiger partial charge in [0, 0.05) is 30.7 Å². The van der Waals surface area contributed by atoms with Gasteiger partial charge in [0.2, 0.25) is 0 Å². The van der Waals surface area contributed by atoms with Crippen LogP contribution in [0.4, 0.5) is 5.69 Å². The van der Waals surface area contributed by atoms with Crippen LogP contribution in [0.3, 0.4) is 0 Å². The van der Waals surface area contributed by atoms with Crippen LogP contribution in [0.5, 0.6) is 5.75 Å². The second kappa shape index (κ2) is 8.34. The summed E-state index contributed by atoms with van der Waals surface area (Å²) in [6, 6.07) is 4.12. The monoisotopic (exact) mass is 401 g/mol. The van der Waals surface area contributed by atoms with Crippen molar-refractivity contribution in [3.05, 3.63) is 23.3 Å². The maximum Gasteiger partial charge on any atom is 0.270 e. The molecule has 1 heterocycles. The third-order valence-corrected chi connectivity index (χ3v) is 6.06. The Morgan fingerprint density at radius 1 is 1.28 bits per heavy atom. The lowest BCUT2D eigenvalue weighted by atomic mass is 9.92. The number of fused-ring (bicyclic) bond motifs is 1. The van der Waals surface area contributed by atoms with Crippen LogP contribution in [0.25, 0.3) is 0 Å². The Bertz CT molecular complexity index is 782. The van der Waals surface area contributed by atoms with E-state index in [0.29, 0.717) is 30.1 Å². The van der Waals surface area contributed by atoms with E-state index in [1.54, 1.807) is 18.7 Å². The van der Waals surface area contributed by atoms with Crippen molar-refractivity contribution in [2.45, 2.75) is 84.4 Å². The van der Waals surface area contributed by atoms with Crippen molar-refractivity contribution >= 4 is 17.5 Å². The molecule has 0 atom stereocenters. The standard InChI is InChI=1S/C23H35N3O3/c1-15(2)26(17-9-7-6-8-10-17)21(27)18-14-19-20(13-16(18)3)29-23(4,5)22(28)25(19)12-11-24/h13-15,17H,6-12,24H2,1-5H3. The van der Waals surface area contributed by atoms with E-state index in [9.17, 15) is 9.59 Å². The number of anilines is 1. The summed E-state index contributed by atoms with van der Waals surface area (Å²) in [6.45, 7) is 10.4. The molecule has 3 rings (SSSR count). The molecule has 1 saturated carbocycles. The molecule has 2 aliphatic rings. The van der Waals surface area contributed by atoms with Crippen LogP contribution < -0.4 is 15.4 Å². The molecule has 1 aliphatic heterocycles. The van der Waals surface area contributed by atoms with Crippen molar-refractivity contribution in [3.63, 3.8) is 0 Å². The van der Waals surface area contributed by atoms with Crippen molar-refractivity contribution < 1.29 is 14.3 Å². The Hall–Kier alpha value is -2.08. The molecule has 29 heavy (non-hydrogen) atoms. The molecule has 0 unspecified atom stereocenters. The number of carbonyl (C=O) groups excluding carboxylic acids is 2. The van der Waals surface area contributed by atoms with Crippen LogP contribution in [-0.2, 0) is 4.79 Å². The van der Waals surface area contributed by atoms with Gasteiger partial charge in [0.05, 0.1) is 5.69 Å². The van der Waals surface area contributed by atoms with E-state index < -0.39 is 5.60 Å². The third kappa shape index (κ3) is 4.13. The Morgan fingerprint density at radius 2 is 1.93 bits per heavy atom. The first-order valence-electron chi connectivity index (χ1n) is 10.9. The fourth-order valence-electron chi connectivity index (χ4n) is 4.62. The van der Waals surface area contributed by atoms with Gasteiger partial charge in [-0.1, -0.05) is 19.3 Å². The van der Waals surface area contributed by atoms with Gasteiger partial charge in [0.1, 0.15) is 5.75 Å². The second-order valence-corrected chi connectivity index (χ2v) is 9.09. The first-order chi connectivity index (χ1) is 13.7. The lowest BCUT2D eigenvalue weighted by Crippen LogP contribution is -2.53. The summed E-state index contributed by atoms with van der Waals surface area (Å²) < 4.78 is 5.99. The number of hydrogen-bond acceptors (Lipinski definition) is 4. The molecular weight excluding hydrogens is 366 g/mol. The van der Waals surface area contributed by atoms with Gasteiger partial charge in [-0.25, -0.2) is 0 Å². The number of hydrogen-bond donors (Lipinski definition) is 1. The lowest BCUT2D eigenvalue weighted by Gasteiger charge is -2.40.